The van der Waals surface area contributed by atoms with Crippen LogP contribution >= 0.6 is 0 Å². The molecule has 0 spiro atoms. The van der Waals surface area contributed by atoms with Gasteiger partial charge < -0.3 is 25.2 Å². The SMILES string of the molecule is COc1cc(O)ccc1C(O)C(O)CC(=O)O. The number of phenols is 1. The van der Waals surface area contributed by atoms with Gasteiger partial charge in [0.1, 0.15) is 17.6 Å². The molecule has 0 aromatic heterocycles. The van der Waals surface area contributed by atoms with Crippen molar-refractivity contribution in [3.8, 4) is 11.5 Å². The Bertz CT molecular complexity index is 403. The van der Waals surface area contributed by atoms with Gasteiger partial charge in [-0.15, -0.1) is 0 Å². The van der Waals surface area contributed by atoms with E-state index in [1.807, 2.05) is 0 Å². The second-order valence-corrected chi connectivity index (χ2v) is 3.54. The molecule has 0 aliphatic heterocycles. The summed E-state index contributed by atoms with van der Waals surface area (Å²) >= 11 is 0. The number of aliphatic hydroxyl groups is 2. The molecule has 17 heavy (non-hydrogen) atoms. The van der Waals surface area contributed by atoms with E-state index < -0.39 is 24.6 Å². The summed E-state index contributed by atoms with van der Waals surface area (Å²) in [7, 11) is 1.34. The molecule has 0 amide bonds. The topological polar surface area (TPSA) is 107 Å². The van der Waals surface area contributed by atoms with Crippen molar-refractivity contribution in [3.63, 3.8) is 0 Å². The number of aromatic hydroxyl groups is 1. The zero-order valence-corrected chi connectivity index (χ0v) is 9.20. The van der Waals surface area contributed by atoms with Crippen LogP contribution in [0.2, 0.25) is 0 Å². The third kappa shape index (κ3) is 3.33. The molecule has 94 valence electrons. The Kier molecular flexibility index (Phi) is 4.30. The quantitative estimate of drug-likeness (QED) is 0.590. The van der Waals surface area contributed by atoms with Crippen molar-refractivity contribution in [1.29, 1.82) is 0 Å². The van der Waals surface area contributed by atoms with Crippen LogP contribution in [-0.4, -0.2) is 39.6 Å². The normalized spacial score (nSPS) is 14.1. The van der Waals surface area contributed by atoms with Gasteiger partial charge >= 0.3 is 5.97 Å². The molecule has 4 N–H and O–H groups in total. The first-order chi connectivity index (χ1) is 7.95. The van der Waals surface area contributed by atoms with Crippen molar-refractivity contribution in [1.82, 2.24) is 0 Å². The number of hydrogen-bond donors (Lipinski definition) is 4. The van der Waals surface area contributed by atoms with Gasteiger partial charge in [0, 0.05) is 11.6 Å². The summed E-state index contributed by atoms with van der Waals surface area (Å²) in [6, 6.07) is 3.95. The Labute approximate surface area is 97.7 Å². The van der Waals surface area contributed by atoms with Crippen molar-refractivity contribution in [3.05, 3.63) is 23.8 Å². The largest absolute Gasteiger partial charge is 0.508 e. The van der Waals surface area contributed by atoms with Gasteiger partial charge in [-0.3, -0.25) is 4.79 Å². The lowest BCUT2D eigenvalue weighted by Crippen LogP contribution is -2.22. The standard InChI is InChI=1S/C11H14O6/c1-17-9-4-6(12)2-3-7(9)11(16)8(13)5-10(14)15/h2-4,8,11-13,16H,5H2,1H3,(H,14,15). The molecule has 0 saturated carbocycles. The van der Waals surface area contributed by atoms with E-state index in [0.29, 0.717) is 0 Å². The fourth-order valence-electron chi connectivity index (χ4n) is 1.44. The molecule has 1 rings (SSSR count). The van der Waals surface area contributed by atoms with Gasteiger partial charge in [-0.1, -0.05) is 0 Å². The lowest BCUT2D eigenvalue weighted by molar-refractivity contribution is -0.141. The van der Waals surface area contributed by atoms with Gasteiger partial charge in [0.2, 0.25) is 0 Å². The van der Waals surface area contributed by atoms with Gasteiger partial charge in [-0.25, -0.2) is 0 Å². The minimum atomic E-state index is -1.44. The summed E-state index contributed by atoms with van der Waals surface area (Å²) in [5.74, 6) is -1.08. The molecule has 0 aliphatic rings. The average Bonchev–Trinajstić information content (AvgIpc) is 2.27. The number of carboxylic acids is 1. The number of phenolic OH excluding ortho intramolecular Hbond substituents is 1. The molecule has 6 nitrogen and oxygen atoms in total. The highest BCUT2D eigenvalue weighted by Gasteiger charge is 2.24. The second kappa shape index (κ2) is 5.51. The minimum Gasteiger partial charge on any atom is -0.508 e. The Morgan fingerprint density at radius 1 is 1.41 bits per heavy atom. The van der Waals surface area contributed by atoms with Gasteiger partial charge in [0.05, 0.1) is 19.6 Å². The molecular weight excluding hydrogens is 228 g/mol. The summed E-state index contributed by atoms with van der Waals surface area (Å²) in [6.07, 6.45) is -3.40. The van der Waals surface area contributed by atoms with Gasteiger partial charge in [0.15, 0.2) is 0 Å². The molecule has 0 fully saturated rings. The molecule has 2 unspecified atom stereocenters. The first-order valence-electron chi connectivity index (χ1n) is 4.90. The first-order valence-corrected chi connectivity index (χ1v) is 4.90. The Hall–Kier alpha value is -1.79. The summed E-state index contributed by atoms with van der Waals surface area (Å²) in [5.41, 5.74) is 0.221. The molecule has 0 saturated heterocycles. The van der Waals surface area contributed by atoms with Crippen molar-refractivity contribution >= 4 is 5.97 Å². The first kappa shape index (κ1) is 13.3. The maximum Gasteiger partial charge on any atom is 0.306 e. The highest BCUT2D eigenvalue weighted by molar-refractivity contribution is 5.67. The van der Waals surface area contributed by atoms with E-state index in [-0.39, 0.29) is 17.1 Å². The van der Waals surface area contributed by atoms with E-state index in [9.17, 15) is 20.1 Å². The van der Waals surface area contributed by atoms with Crippen LogP contribution in [0.25, 0.3) is 0 Å². The van der Waals surface area contributed by atoms with Crippen LogP contribution in [0, 0.1) is 0 Å². The van der Waals surface area contributed by atoms with Crippen LogP contribution in [0.5, 0.6) is 11.5 Å². The van der Waals surface area contributed by atoms with Gasteiger partial charge in [0.25, 0.3) is 0 Å². The molecule has 1 aromatic rings. The molecule has 0 heterocycles. The maximum absolute atomic E-state index is 10.4. The van der Waals surface area contributed by atoms with Crippen LogP contribution in [0.15, 0.2) is 18.2 Å². The molecule has 0 bridgehead atoms. The fraction of sp³-hybridized carbons (Fsp3) is 0.364. The van der Waals surface area contributed by atoms with Crippen LogP contribution in [0.1, 0.15) is 18.1 Å². The van der Waals surface area contributed by atoms with E-state index in [2.05, 4.69) is 0 Å². The third-order valence-corrected chi connectivity index (χ3v) is 2.28. The number of aliphatic hydroxyl groups excluding tert-OH is 2. The van der Waals surface area contributed by atoms with E-state index in [0.717, 1.165) is 0 Å². The van der Waals surface area contributed by atoms with E-state index >= 15 is 0 Å². The van der Waals surface area contributed by atoms with Crippen LogP contribution in [0.4, 0.5) is 0 Å². The lowest BCUT2D eigenvalue weighted by atomic mass is 10.0. The predicted molar refractivity (Wildman–Crippen MR) is 57.9 cm³/mol. The Morgan fingerprint density at radius 2 is 2.06 bits per heavy atom. The lowest BCUT2D eigenvalue weighted by Gasteiger charge is -2.19. The second-order valence-electron chi connectivity index (χ2n) is 3.54. The predicted octanol–water partition coefficient (Wildman–Crippen LogP) is 0.270. The van der Waals surface area contributed by atoms with Crippen molar-refractivity contribution in [2.24, 2.45) is 0 Å². The summed E-state index contributed by atoms with van der Waals surface area (Å²) < 4.78 is 4.92. The number of aliphatic carboxylic acids is 1. The number of carbonyl (C=O) groups is 1. The smallest absolute Gasteiger partial charge is 0.306 e. The summed E-state index contributed by atoms with van der Waals surface area (Å²) in [5, 5.41) is 37.0. The van der Waals surface area contributed by atoms with Crippen molar-refractivity contribution < 1.29 is 30.0 Å². The number of methoxy groups -OCH3 is 1. The molecule has 6 heteroatoms. The summed E-state index contributed by atoms with van der Waals surface area (Å²) in [6.45, 7) is 0. The van der Waals surface area contributed by atoms with Crippen LogP contribution in [0.3, 0.4) is 0 Å². The average molecular weight is 242 g/mol. The van der Waals surface area contributed by atoms with Gasteiger partial charge in [-0.2, -0.15) is 0 Å². The fourth-order valence-corrected chi connectivity index (χ4v) is 1.44. The monoisotopic (exact) mass is 242 g/mol. The van der Waals surface area contributed by atoms with E-state index in [1.165, 1.54) is 25.3 Å². The van der Waals surface area contributed by atoms with Crippen LogP contribution in [-0.2, 0) is 4.79 Å². The highest BCUT2D eigenvalue weighted by atomic mass is 16.5. The minimum absolute atomic E-state index is 0.0504. The molecule has 2 atom stereocenters. The number of hydrogen-bond acceptors (Lipinski definition) is 5. The number of benzene rings is 1. The molecule has 0 radical (unpaired) electrons. The van der Waals surface area contributed by atoms with Gasteiger partial charge in [-0.05, 0) is 12.1 Å². The third-order valence-electron chi connectivity index (χ3n) is 2.28. The molecule has 0 aliphatic carbocycles. The number of ether oxygens (including phenoxy) is 1. The van der Waals surface area contributed by atoms with Crippen LogP contribution < -0.4 is 4.74 Å². The Balaban J connectivity index is 2.94. The molecule has 1 aromatic carbocycles. The molecular formula is C11H14O6. The number of carboxylic acid groups (broad SMARTS) is 1. The van der Waals surface area contributed by atoms with Crippen molar-refractivity contribution in [2.75, 3.05) is 7.11 Å². The zero-order chi connectivity index (χ0) is 13.0. The Morgan fingerprint density at radius 3 is 2.59 bits per heavy atom. The zero-order valence-electron chi connectivity index (χ0n) is 9.20. The highest BCUT2D eigenvalue weighted by Crippen LogP contribution is 2.31. The number of rotatable bonds is 5. The van der Waals surface area contributed by atoms with E-state index in [4.69, 9.17) is 9.84 Å². The maximum atomic E-state index is 10.4. The summed E-state index contributed by atoms with van der Waals surface area (Å²) in [4.78, 5) is 10.4. The van der Waals surface area contributed by atoms with E-state index in [1.54, 1.807) is 0 Å². The van der Waals surface area contributed by atoms with Crippen molar-refractivity contribution in [2.45, 2.75) is 18.6 Å².